The number of ether oxygens (including phenoxy) is 1. The lowest BCUT2D eigenvalue weighted by Gasteiger charge is -2.13. The van der Waals surface area contributed by atoms with Crippen LogP contribution in [0.5, 0.6) is 5.75 Å². The van der Waals surface area contributed by atoms with Crippen LogP contribution in [0.4, 0.5) is 8.78 Å². The summed E-state index contributed by atoms with van der Waals surface area (Å²) >= 11 is 0. The molecule has 1 heterocycles. The lowest BCUT2D eigenvalue weighted by molar-refractivity contribution is -0.0504. The van der Waals surface area contributed by atoms with Crippen molar-refractivity contribution in [3.63, 3.8) is 0 Å². The standard InChI is InChI=1S/C19H27F2N5O/c1-4-22-19(23-9-5-6-15-12-25-26-14(15)3)24-11-16-10-13(2)7-8-17(16)27-18(20)21/h7-8,10,12,18H,4-6,9,11H2,1-3H3,(H,25,26)(H2,22,23,24). The Bertz CT molecular complexity index is 745. The first kappa shape index (κ1) is 20.7. The average Bonchev–Trinajstić information content (AvgIpc) is 3.03. The number of hydrogen-bond acceptors (Lipinski definition) is 3. The van der Waals surface area contributed by atoms with Gasteiger partial charge in [0.2, 0.25) is 0 Å². The highest BCUT2D eigenvalue weighted by molar-refractivity contribution is 5.79. The Morgan fingerprint density at radius 2 is 2.07 bits per heavy atom. The molecule has 0 unspecified atom stereocenters. The van der Waals surface area contributed by atoms with E-state index in [-0.39, 0.29) is 12.3 Å². The molecule has 0 radical (unpaired) electrons. The van der Waals surface area contributed by atoms with Crippen LogP contribution in [0, 0.1) is 13.8 Å². The molecule has 1 aromatic heterocycles. The number of halogens is 2. The van der Waals surface area contributed by atoms with Gasteiger partial charge in [0.15, 0.2) is 5.96 Å². The van der Waals surface area contributed by atoms with Gasteiger partial charge in [-0.05, 0) is 45.2 Å². The Labute approximate surface area is 158 Å². The lowest BCUT2D eigenvalue weighted by atomic mass is 10.1. The summed E-state index contributed by atoms with van der Waals surface area (Å²) in [6, 6.07) is 5.11. The molecule has 8 heteroatoms. The van der Waals surface area contributed by atoms with Gasteiger partial charge < -0.3 is 15.4 Å². The van der Waals surface area contributed by atoms with Crippen molar-refractivity contribution in [1.82, 2.24) is 20.8 Å². The summed E-state index contributed by atoms with van der Waals surface area (Å²) in [5.41, 5.74) is 3.88. The van der Waals surface area contributed by atoms with Crippen LogP contribution in [0.1, 0.15) is 35.7 Å². The maximum Gasteiger partial charge on any atom is 0.387 e. The quantitative estimate of drug-likeness (QED) is 0.355. The maximum atomic E-state index is 12.6. The number of aromatic amines is 1. The third kappa shape index (κ3) is 6.88. The average molecular weight is 379 g/mol. The predicted octanol–water partition coefficient (Wildman–Crippen LogP) is 3.32. The molecule has 27 heavy (non-hydrogen) atoms. The zero-order valence-electron chi connectivity index (χ0n) is 16.0. The fourth-order valence-corrected chi connectivity index (χ4v) is 2.66. The summed E-state index contributed by atoms with van der Waals surface area (Å²) in [5, 5.41) is 13.4. The number of alkyl halides is 2. The van der Waals surface area contributed by atoms with Gasteiger partial charge in [0, 0.05) is 24.3 Å². The molecule has 2 rings (SSSR count). The van der Waals surface area contributed by atoms with Gasteiger partial charge in [0.25, 0.3) is 0 Å². The number of rotatable bonds is 9. The Morgan fingerprint density at radius 3 is 2.74 bits per heavy atom. The SMILES string of the molecule is CCNC(=NCc1cc(C)ccc1OC(F)F)NCCCc1cn[nH]c1C. The molecule has 3 N–H and O–H groups in total. The van der Waals surface area contributed by atoms with E-state index in [4.69, 9.17) is 0 Å². The van der Waals surface area contributed by atoms with Gasteiger partial charge >= 0.3 is 6.61 Å². The van der Waals surface area contributed by atoms with Gasteiger partial charge in [-0.1, -0.05) is 17.7 Å². The highest BCUT2D eigenvalue weighted by Gasteiger charge is 2.10. The molecule has 1 aromatic carbocycles. The minimum Gasteiger partial charge on any atom is -0.434 e. The van der Waals surface area contributed by atoms with Crippen LogP contribution in [-0.4, -0.2) is 35.9 Å². The van der Waals surface area contributed by atoms with E-state index in [0.717, 1.165) is 30.6 Å². The van der Waals surface area contributed by atoms with Crippen LogP contribution < -0.4 is 15.4 Å². The molecule has 0 fully saturated rings. The monoisotopic (exact) mass is 379 g/mol. The summed E-state index contributed by atoms with van der Waals surface area (Å²) in [4.78, 5) is 4.50. The van der Waals surface area contributed by atoms with Gasteiger partial charge in [-0.3, -0.25) is 5.10 Å². The van der Waals surface area contributed by atoms with Crippen molar-refractivity contribution < 1.29 is 13.5 Å². The number of aliphatic imine (C=N–C) groups is 1. The molecule has 2 aromatic rings. The molecule has 0 aliphatic carbocycles. The van der Waals surface area contributed by atoms with E-state index in [1.165, 1.54) is 5.56 Å². The van der Waals surface area contributed by atoms with E-state index in [9.17, 15) is 8.78 Å². The zero-order chi connectivity index (χ0) is 19.6. The van der Waals surface area contributed by atoms with Crippen LogP contribution in [0.25, 0.3) is 0 Å². The number of nitrogens with one attached hydrogen (secondary N) is 3. The number of hydrogen-bond donors (Lipinski definition) is 3. The van der Waals surface area contributed by atoms with Crippen molar-refractivity contribution in [2.45, 2.75) is 46.8 Å². The first-order valence-electron chi connectivity index (χ1n) is 9.05. The van der Waals surface area contributed by atoms with E-state index < -0.39 is 6.61 Å². The van der Waals surface area contributed by atoms with Crippen LogP contribution in [0.2, 0.25) is 0 Å². The topological polar surface area (TPSA) is 74.3 Å². The molecule has 0 atom stereocenters. The van der Waals surface area contributed by atoms with E-state index in [1.807, 2.05) is 33.0 Å². The van der Waals surface area contributed by atoms with E-state index in [1.54, 1.807) is 12.1 Å². The first-order valence-corrected chi connectivity index (χ1v) is 9.05. The second-order valence-corrected chi connectivity index (χ2v) is 6.24. The molecule has 0 spiro atoms. The minimum absolute atomic E-state index is 0.158. The highest BCUT2D eigenvalue weighted by Crippen LogP contribution is 2.22. The molecule has 0 amide bonds. The number of H-pyrrole nitrogens is 1. The number of benzene rings is 1. The summed E-state index contributed by atoms with van der Waals surface area (Å²) in [6.45, 7) is 4.73. The Hall–Kier alpha value is -2.64. The minimum atomic E-state index is -2.85. The van der Waals surface area contributed by atoms with Gasteiger partial charge in [0.1, 0.15) is 5.75 Å². The molecular weight excluding hydrogens is 352 g/mol. The van der Waals surface area contributed by atoms with E-state index in [2.05, 4.69) is 30.6 Å². The maximum absolute atomic E-state index is 12.6. The van der Waals surface area contributed by atoms with Crippen LogP contribution in [0.15, 0.2) is 29.4 Å². The molecule has 0 bridgehead atoms. The van der Waals surface area contributed by atoms with Crippen molar-refractivity contribution in [2.24, 2.45) is 4.99 Å². The normalized spacial score (nSPS) is 11.7. The summed E-state index contributed by atoms with van der Waals surface area (Å²) in [7, 11) is 0. The van der Waals surface area contributed by atoms with Crippen LogP contribution in [-0.2, 0) is 13.0 Å². The van der Waals surface area contributed by atoms with E-state index >= 15 is 0 Å². The third-order valence-electron chi connectivity index (χ3n) is 4.03. The Kier molecular flexibility index (Phi) is 8.03. The largest absolute Gasteiger partial charge is 0.434 e. The second kappa shape index (κ2) is 10.5. The molecule has 0 aliphatic heterocycles. The highest BCUT2D eigenvalue weighted by atomic mass is 19.3. The van der Waals surface area contributed by atoms with Crippen molar-refractivity contribution in [3.05, 3.63) is 46.8 Å². The smallest absolute Gasteiger partial charge is 0.387 e. The van der Waals surface area contributed by atoms with Gasteiger partial charge in [-0.25, -0.2) is 4.99 Å². The molecule has 0 saturated heterocycles. The number of guanidine groups is 1. The zero-order valence-corrected chi connectivity index (χ0v) is 16.0. The summed E-state index contributed by atoms with van der Waals surface area (Å²) < 4.78 is 29.8. The lowest BCUT2D eigenvalue weighted by Crippen LogP contribution is -2.37. The fourth-order valence-electron chi connectivity index (χ4n) is 2.66. The predicted molar refractivity (Wildman–Crippen MR) is 102 cm³/mol. The van der Waals surface area contributed by atoms with Crippen LogP contribution in [0.3, 0.4) is 0 Å². The van der Waals surface area contributed by atoms with Crippen molar-refractivity contribution in [3.8, 4) is 5.75 Å². The molecular formula is C19H27F2N5O. The van der Waals surface area contributed by atoms with Crippen molar-refractivity contribution >= 4 is 5.96 Å². The van der Waals surface area contributed by atoms with Crippen molar-refractivity contribution in [1.29, 1.82) is 0 Å². The molecule has 0 aliphatic rings. The van der Waals surface area contributed by atoms with Crippen molar-refractivity contribution in [2.75, 3.05) is 13.1 Å². The van der Waals surface area contributed by atoms with Gasteiger partial charge in [-0.15, -0.1) is 0 Å². The first-order chi connectivity index (χ1) is 13.0. The molecule has 148 valence electrons. The number of nitrogens with zero attached hydrogens (tertiary/aromatic N) is 2. The Balaban J connectivity index is 1.94. The number of aryl methyl sites for hydroxylation is 3. The Morgan fingerprint density at radius 1 is 1.26 bits per heavy atom. The van der Waals surface area contributed by atoms with Gasteiger partial charge in [-0.2, -0.15) is 13.9 Å². The molecule has 0 saturated carbocycles. The molecule has 6 nitrogen and oxygen atoms in total. The summed E-state index contributed by atoms with van der Waals surface area (Å²) in [6.07, 6.45) is 3.69. The third-order valence-corrected chi connectivity index (χ3v) is 4.03. The van der Waals surface area contributed by atoms with Gasteiger partial charge in [0.05, 0.1) is 12.7 Å². The number of aromatic nitrogens is 2. The second-order valence-electron chi connectivity index (χ2n) is 6.24. The van der Waals surface area contributed by atoms with E-state index in [0.29, 0.717) is 18.1 Å². The fraction of sp³-hybridized carbons (Fsp3) is 0.474. The van der Waals surface area contributed by atoms with Crippen LogP contribution >= 0.6 is 0 Å². The summed E-state index contributed by atoms with van der Waals surface area (Å²) in [5.74, 6) is 0.802.